The minimum absolute atomic E-state index is 0.154. The molecule has 26 heavy (non-hydrogen) atoms. The van der Waals surface area contributed by atoms with Gasteiger partial charge < -0.3 is 14.6 Å². The van der Waals surface area contributed by atoms with Crippen LogP contribution < -0.4 is 10.2 Å². The molecule has 1 saturated heterocycles. The summed E-state index contributed by atoms with van der Waals surface area (Å²) >= 11 is 1.77. The molecule has 0 unspecified atom stereocenters. The SMILES string of the molecule is Cc1cccc2sc(N3CCN(CCNC(=O)c4ccco4)CC3)nc12. The molecule has 2 aromatic heterocycles. The van der Waals surface area contributed by atoms with Crippen LogP contribution >= 0.6 is 11.3 Å². The molecule has 4 rings (SSSR count). The molecule has 1 aromatic carbocycles. The first-order valence-electron chi connectivity index (χ1n) is 8.86. The third-order valence-electron chi connectivity index (χ3n) is 4.71. The number of hydrogen-bond acceptors (Lipinski definition) is 6. The third kappa shape index (κ3) is 3.59. The summed E-state index contributed by atoms with van der Waals surface area (Å²) < 4.78 is 6.35. The van der Waals surface area contributed by atoms with E-state index >= 15 is 0 Å². The second-order valence-corrected chi connectivity index (χ2v) is 7.49. The number of anilines is 1. The van der Waals surface area contributed by atoms with Gasteiger partial charge in [0.05, 0.1) is 16.5 Å². The van der Waals surface area contributed by atoms with Crippen LogP contribution in [-0.2, 0) is 0 Å². The van der Waals surface area contributed by atoms with Crippen LogP contribution in [0.15, 0.2) is 41.0 Å². The molecule has 0 saturated carbocycles. The number of hydrogen-bond donors (Lipinski definition) is 1. The van der Waals surface area contributed by atoms with Crippen molar-refractivity contribution in [2.75, 3.05) is 44.2 Å². The van der Waals surface area contributed by atoms with Crippen molar-refractivity contribution in [2.24, 2.45) is 0 Å². The number of fused-ring (bicyclic) bond motifs is 1. The van der Waals surface area contributed by atoms with Crippen molar-refractivity contribution in [3.05, 3.63) is 47.9 Å². The zero-order valence-corrected chi connectivity index (χ0v) is 15.6. The number of aromatic nitrogens is 1. The molecule has 3 heterocycles. The van der Waals surface area contributed by atoms with E-state index in [2.05, 4.69) is 40.2 Å². The maximum atomic E-state index is 11.9. The molecule has 1 amide bonds. The highest BCUT2D eigenvalue weighted by Gasteiger charge is 2.20. The Hall–Kier alpha value is -2.38. The number of rotatable bonds is 5. The summed E-state index contributed by atoms with van der Waals surface area (Å²) in [4.78, 5) is 21.4. The van der Waals surface area contributed by atoms with Gasteiger partial charge in [0.1, 0.15) is 0 Å². The van der Waals surface area contributed by atoms with Crippen LogP contribution in [0.25, 0.3) is 10.2 Å². The fourth-order valence-electron chi connectivity index (χ4n) is 3.19. The Balaban J connectivity index is 1.27. The Kier molecular flexibility index (Phi) is 4.90. The topological polar surface area (TPSA) is 61.6 Å². The number of piperazine rings is 1. The maximum absolute atomic E-state index is 11.9. The molecular weight excluding hydrogens is 348 g/mol. The Labute approximate surface area is 156 Å². The van der Waals surface area contributed by atoms with Crippen LogP contribution in [0.3, 0.4) is 0 Å². The van der Waals surface area contributed by atoms with Crippen molar-refractivity contribution >= 4 is 32.6 Å². The van der Waals surface area contributed by atoms with E-state index in [1.165, 1.54) is 16.5 Å². The van der Waals surface area contributed by atoms with E-state index < -0.39 is 0 Å². The molecular formula is C19H22N4O2S. The van der Waals surface area contributed by atoms with E-state index in [4.69, 9.17) is 9.40 Å². The van der Waals surface area contributed by atoms with Gasteiger partial charge in [-0.15, -0.1) is 0 Å². The highest BCUT2D eigenvalue weighted by Crippen LogP contribution is 2.30. The van der Waals surface area contributed by atoms with Crippen molar-refractivity contribution in [2.45, 2.75) is 6.92 Å². The minimum Gasteiger partial charge on any atom is -0.459 e. The zero-order chi connectivity index (χ0) is 17.9. The average molecular weight is 370 g/mol. The van der Waals surface area contributed by atoms with E-state index in [1.807, 2.05) is 0 Å². The van der Waals surface area contributed by atoms with Gasteiger partial charge in [0.25, 0.3) is 5.91 Å². The summed E-state index contributed by atoms with van der Waals surface area (Å²) in [5.74, 6) is 0.208. The normalized spacial score (nSPS) is 15.5. The van der Waals surface area contributed by atoms with Gasteiger partial charge >= 0.3 is 0 Å². The number of aryl methyl sites for hydroxylation is 1. The monoisotopic (exact) mass is 370 g/mol. The largest absolute Gasteiger partial charge is 0.459 e. The summed E-state index contributed by atoms with van der Waals surface area (Å²) in [7, 11) is 0. The number of carbonyl (C=O) groups excluding carboxylic acids is 1. The standard InChI is InChI=1S/C19H22N4O2S/c1-14-4-2-6-16-17(14)21-19(26-16)23-11-9-22(10-12-23)8-7-20-18(24)15-5-3-13-25-15/h2-6,13H,7-12H2,1H3,(H,20,24). The number of furan rings is 1. The smallest absolute Gasteiger partial charge is 0.287 e. The number of para-hydroxylation sites is 1. The molecule has 0 radical (unpaired) electrons. The van der Waals surface area contributed by atoms with Gasteiger partial charge in [-0.05, 0) is 30.7 Å². The molecule has 0 bridgehead atoms. The molecule has 3 aromatic rings. The van der Waals surface area contributed by atoms with Gasteiger partial charge in [-0.25, -0.2) is 4.98 Å². The van der Waals surface area contributed by atoms with Crippen molar-refractivity contribution in [3.8, 4) is 0 Å². The number of benzene rings is 1. The van der Waals surface area contributed by atoms with E-state index in [-0.39, 0.29) is 5.91 Å². The highest BCUT2D eigenvalue weighted by atomic mass is 32.1. The fraction of sp³-hybridized carbons (Fsp3) is 0.368. The van der Waals surface area contributed by atoms with E-state index in [0.717, 1.165) is 43.4 Å². The summed E-state index contributed by atoms with van der Waals surface area (Å²) in [5, 5.41) is 4.01. The van der Waals surface area contributed by atoms with Gasteiger partial charge in [0.2, 0.25) is 0 Å². The molecule has 1 fully saturated rings. The summed E-state index contributed by atoms with van der Waals surface area (Å²) in [6.45, 7) is 7.47. The summed E-state index contributed by atoms with van der Waals surface area (Å²) in [6.07, 6.45) is 1.51. The van der Waals surface area contributed by atoms with Gasteiger partial charge in [0, 0.05) is 39.3 Å². The van der Waals surface area contributed by atoms with Crippen LogP contribution in [0, 0.1) is 6.92 Å². The first-order valence-corrected chi connectivity index (χ1v) is 9.67. The predicted octanol–water partition coefficient (Wildman–Crippen LogP) is 2.75. The molecule has 1 aliphatic heterocycles. The van der Waals surface area contributed by atoms with Crippen LogP contribution in [-0.4, -0.2) is 55.1 Å². The zero-order valence-electron chi connectivity index (χ0n) is 14.8. The van der Waals surface area contributed by atoms with Crippen LogP contribution in [0.4, 0.5) is 5.13 Å². The van der Waals surface area contributed by atoms with E-state index in [1.54, 1.807) is 23.5 Å². The number of nitrogens with zero attached hydrogens (tertiary/aromatic N) is 3. The molecule has 6 nitrogen and oxygen atoms in total. The van der Waals surface area contributed by atoms with Crippen molar-refractivity contribution < 1.29 is 9.21 Å². The first-order chi connectivity index (χ1) is 12.7. The second kappa shape index (κ2) is 7.47. The van der Waals surface area contributed by atoms with E-state index in [9.17, 15) is 4.79 Å². The third-order valence-corrected chi connectivity index (χ3v) is 5.79. The average Bonchev–Trinajstić information content (AvgIpc) is 3.33. The summed E-state index contributed by atoms with van der Waals surface area (Å²) in [5.41, 5.74) is 2.35. The molecule has 7 heteroatoms. The molecule has 1 N–H and O–H groups in total. The fourth-order valence-corrected chi connectivity index (χ4v) is 4.29. The van der Waals surface area contributed by atoms with Crippen molar-refractivity contribution in [3.63, 3.8) is 0 Å². The minimum atomic E-state index is -0.154. The number of thiazole rings is 1. The second-order valence-electron chi connectivity index (χ2n) is 6.48. The lowest BCUT2D eigenvalue weighted by Gasteiger charge is -2.34. The van der Waals surface area contributed by atoms with Crippen molar-refractivity contribution in [1.29, 1.82) is 0 Å². The lowest BCUT2D eigenvalue weighted by atomic mass is 10.2. The number of carbonyl (C=O) groups is 1. The van der Waals surface area contributed by atoms with Gasteiger partial charge in [-0.1, -0.05) is 23.5 Å². The molecule has 0 atom stereocenters. The quantitative estimate of drug-likeness (QED) is 0.748. The lowest BCUT2D eigenvalue weighted by Crippen LogP contribution is -2.48. The van der Waals surface area contributed by atoms with E-state index in [0.29, 0.717) is 12.3 Å². The highest BCUT2D eigenvalue weighted by molar-refractivity contribution is 7.22. The maximum Gasteiger partial charge on any atom is 0.287 e. The Bertz CT molecular complexity index is 882. The molecule has 1 aliphatic rings. The Morgan fingerprint density at radius 1 is 1.23 bits per heavy atom. The summed E-state index contributed by atoms with van der Waals surface area (Å²) in [6, 6.07) is 9.74. The molecule has 0 aliphatic carbocycles. The predicted molar refractivity (Wildman–Crippen MR) is 104 cm³/mol. The Morgan fingerprint density at radius 2 is 2.08 bits per heavy atom. The van der Waals surface area contributed by atoms with Crippen LogP contribution in [0.1, 0.15) is 16.1 Å². The van der Waals surface area contributed by atoms with Crippen LogP contribution in [0.2, 0.25) is 0 Å². The van der Waals surface area contributed by atoms with Gasteiger partial charge in [0.15, 0.2) is 10.9 Å². The van der Waals surface area contributed by atoms with Crippen molar-refractivity contribution in [1.82, 2.24) is 15.2 Å². The molecule has 0 spiro atoms. The number of amides is 1. The number of nitrogens with one attached hydrogen (secondary N) is 1. The Morgan fingerprint density at radius 3 is 2.81 bits per heavy atom. The van der Waals surface area contributed by atoms with Crippen LogP contribution in [0.5, 0.6) is 0 Å². The lowest BCUT2D eigenvalue weighted by molar-refractivity contribution is 0.0920. The van der Waals surface area contributed by atoms with Gasteiger partial charge in [-0.3, -0.25) is 9.69 Å². The van der Waals surface area contributed by atoms with Gasteiger partial charge in [-0.2, -0.15) is 0 Å². The molecule has 136 valence electrons. The first kappa shape index (κ1) is 17.1.